The van der Waals surface area contributed by atoms with E-state index in [4.69, 9.17) is 9.84 Å². The molecule has 0 aliphatic heterocycles. The van der Waals surface area contributed by atoms with E-state index in [1.54, 1.807) is 16.7 Å². The van der Waals surface area contributed by atoms with Gasteiger partial charge < -0.3 is 9.84 Å². The lowest BCUT2D eigenvalue weighted by Crippen LogP contribution is -1.97. The van der Waals surface area contributed by atoms with Crippen molar-refractivity contribution in [3.8, 4) is 5.19 Å². The predicted molar refractivity (Wildman–Crippen MR) is 91.9 cm³/mol. The molecule has 1 N–H and O–H groups in total. The van der Waals surface area contributed by atoms with E-state index in [1.807, 2.05) is 5.38 Å². The Balaban J connectivity index is 0.000000317. The highest BCUT2D eigenvalue weighted by Gasteiger charge is 1.98. The zero-order valence-electron chi connectivity index (χ0n) is 10.4. The number of halogens is 5. The van der Waals surface area contributed by atoms with Gasteiger partial charge in [0.05, 0.1) is 6.61 Å². The molecule has 0 saturated heterocycles. The fraction of sp³-hybridized carbons (Fsp3) is 0.400. The van der Waals surface area contributed by atoms with Crippen LogP contribution in [-0.4, -0.2) is 41.6 Å². The number of aliphatic hydroxyl groups excluding tert-OH is 1. The lowest BCUT2D eigenvalue weighted by Gasteiger charge is -1.94. The van der Waals surface area contributed by atoms with Gasteiger partial charge in [-0.1, -0.05) is 11.3 Å². The highest BCUT2D eigenvalue weighted by molar-refractivity contribution is 9.11. The Labute approximate surface area is 154 Å². The molecule has 0 amide bonds. The Morgan fingerprint density at radius 3 is 1.90 bits per heavy atom. The molecule has 4 nitrogen and oxygen atoms in total. The van der Waals surface area contributed by atoms with Crippen molar-refractivity contribution in [1.29, 1.82) is 0 Å². The largest absolute Gasteiger partial charge is 0.467 e. The fourth-order valence-corrected chi connectivity index (χ4v) is 3.46. The first-order valence-electron chi connectivity index (χ1n) is 5.26. The van der Waals surface area contributed by atoms with Crippen molar-refractivity contribution in [2.24, 2.45) is 0 Å². The average molecular weight is 533 g/mol. The van der Waals surface area contributed by atoms with Gasteiger partial charge >= 0.3 is 0 Å². The summed E-state index contributed by atoms with van der Waals surface area (Å²) < 4.78 is 29.4. The predicted octanol–water partition coefficient (Wildman–Crippen LogP) is 4.87. The molecule has 0 bridgehead atoms. The Kier molecular flexibility index (Phi) is 14.2. The number of thiazole rings is 2. The Bertz CT molecular complexity index is 470. The minimum atomic E-state index is -0.625. The van der Waals surface area contributed by atoms with Gasteiger partial charge in [-0.15, -0.1) is 11.3 Å². The van der Waals surface area contributed by atoms with E-state index >= 15 is 0 Å². The van der Waals surface area contributed by atoms with Crippen molar-refractivity contribution >= 4 is 70.5 Å². The second-order valence-corrected chi connectivity index (χ2v) is 7.39. The highest BCUT2D eigenvalue weighted by atomic mass is 79.9. The third kappa shape index (κ3) is 12.5. The van der Waals surface area contributed by atoms with Crippen molar-refractivity contribution in [3.63, 3.8) is 0 Å². The molecule has 2 heterocycles. The molecule has 11 heteroatoms. The summed E-state index contributed by atoms with van der Waals surface area (Å²) in [4.78, 5) is 7.86. The Morgan fingerprint density at radius 1 is 1.05 bits per heavy atom. The zero-order chi connectivity index (χ0) is 16.1. The SMILES string of the molecule is Brc1csc(Br)n1.FCCOc1nc(Br)cs1.OCCF. The minimum Gasteiger partial charge on any atom is -0.467 e. The smallest absolute Gasteiger partial charge is 0.274 e. The molecule has 120 valence electrons. The van der Waals surface area contributed by atoms with Crippen LogP contribution in [0.1, 0.15) is 0 Å². The van der Waals surface area contributed by atoms with Crippen LogP contribution in [0.3, 0.4) is 0 Å². The lowest BCUT2D eigenvalue weighted by molar-refractivity contribution is 0.253. The number of nitrogens with zero attached hydrogens (tertiary/aromatic N) is 2. The van der Waals surface area contributed by atoms with Crippen LogP contribution < -0.4 is 4.74 Å². The standard InChI is InChI=1S/C5H5BrFNOS.C3HBr2NS.C2H5FO/c6-4-3-10-5(8-4)9-2-1-7;4-2-1-7-3(5)6-2;3-1-2-4/h3H,1-2H2;1H;4H,1-2H2. The summed E-state index contributed by atoms with van der Waals surface area (Å²) >= 11 is 12.5. The Morgan fingerprint density at radius 2 is 1.62 bits per heavy atom. The molecule has 0 saturated carbocycles. The van der Waals surface area contributed by atoms with Crippen molar-refractivity contribution < 1.29 is 18.6 Å². The van der Waals surface area contributed by atoms with Crippen LogP contribution in [0.15, 0.2) is 23.9 Å². The number of aromatic nitrogens is 2. The first kappa shape index (κ1) is 21.3. The quantitative estimate of drug-likeness (QED) is 0.610. The molecule has 0 aliphatic rings. The summed E-state index contributed by atoms with van der Waals surface area (Å²) in [5.41, 5.74) is 0. The monoisotopic (exact) mass is 530 g/mol. The third-order valence-corrected chi connectivity index (χ3v) is 4.83. The highest BCUT2D eigenvalue weighted by Crippen LogP contribution is 2.21. The summed E-state index contributed by atoms with van der Waals surface area (Å²) in [5, 5.41) is 11.7. The Hall–Kier alpha value is 0.320. The van der Waals surface area contributed by atoms with E-state index in [2.05, 4.69) is 57.8 Å². The summed E-state index contributed by atoms with van der Waals surface area (Å²) in [7, 11) is 0. The van der Waals surface area contributed by atoms with E-state index in [0.29, 0.717) is 5.19 Å². The number of alkyl halides is 2. The van der Waals surface area contributed by atoms with Gasteiger partial charge in [0.2, 0.25) is 0 Å². The number of hydrogen-bond acceptors (Lipinski definition) is 6. The molecule has 2 aromatic heterocycles. The number of rotatable bonds is 4. The van der Waals surface area contributed by atoms with Crippen LogP contribution in [-0.2, 0) is 0 Å². The first-order valence-corrected chi connectivity index (χ1v) is 9.40. The zero-order valence-corrected chi connectivity index (χ0v) is 16.8. The van der Waals surface area contributed by atoms with Crippen LogP contribution >= 0.6 is 70.5 Å². The van der Waals surface area contributed by atoms with E-state index in [9.17, 15) is 8.78 Å². The van der Waals surface area contributed by atoms with Crippen molar-refractivity contribution in [2.75, 3.05) is 26.6 Å². The summed E-state index contributed by atoms with van der Waals surface area (Å²) in [6.07, 6.45) is 0. The van der Waals surface area contributed by atoms with Crippen LogP contribution in [0, 0.1) is 0 Å². The molecule has 0 aromatic carbocycles. The molecular weight excluding hydrogens is 522 g/mol. The van der Waals surface area contributed by atoms with E-state index in [1.165, 1.54) is 11.3 Å². The molecule has 0 atom stereocenters. The van der Waals surface area contributed by atoms with Gasteiger partial charge in [-0.25, -0.2) is 13.8 Å². The molecule has 2 aromatic rings. The normalized spacial score (nSPS) is 9.24. The van der Waals surface area contributed by atoms with Crippen LogP contribution in [0.5, 0.6) is 5.19 Å². The molecular formula is C10H11Br3F2N2O2S2. The molecule has 0 unspecified atom stereocenters. The maximum Gasteiger partial charge on any atom is 0.274 e. The first-order chi connectivity index (χ1) is 10.0. The van der Waals surface area contributed by atoms with Gasteiger partial charge in [0.1, 0.15) is 29.2 Å². The van der Waals surface area contributed by atoms with Crippen molar-refractivity contribution in [1.82, 2.24) is 9.97 Å². The second-order valence-electron chi connectivity index (χ2n) is 2.81. The lowest BCUT2D eigenvalue weighted by atomic mass is 10.8. The van der Waals surface area contributed by atoms with Crippen LogP contribution in [0.25, 0.3) is 0 Å². The van der Waals surface area contributed by atoms with Crippen LogP contribution in [0.4, 0.5) is 8.78 Å². The van der Waals surface area contributed by atoms with Crippen LogP contribution in [0.2, 0.25) is 0 Å². The topological polar surface area (TPSA) is 55.2 Å². The van der Waals surface area contributed by atoms with Gasteiger partial charge in [-0.05, 0) is 47.8 Å². The summed E-state index contributed by atoms with van der Waals surface area (Å²) in [6, 6.07) is 0. The molecule has 2 rings (SSSR count). The molecule has 0 spiro atoms. The summed E-state index contributed by atoms with van der Waals surface area (Å²) in [5.74, 6) is 0. The summed E-state index contributed by atoms with van der Waals surface area (Å²) in [6.45, 7) is -1.36. The van der Waals surface area contributed by atoms with Gasteiger partial charge in [0, 0.05) is 10.8 Å². The van der Waals surface area contributed by atoms with E-state index in [0.717, 1.165) is 13.1 Å². The molecule has 21 heavy (non-hydrogen) atoms. The van der Waals surface area contributed by atoms with Gasteiger partial charge in [0.25, 0.3) is 5.19 Å². The van der Waals surface area contributed by atoms with Crippen molar-refractivity contribution in [2.45, 2.75) is 0 Å². The molecule has 0 aliphatic carbocycles. The minimum absolute atomic E-state index is 0.0833. The maximum absolute atomic E-state index is 11.5. The van der Waals surface area contributed by atoms with Gasteiger partial charge in [-0.2, -0.15) is 4.98 Å². The number of hydrogen-bond donors (Lipinski definition) is 1. The van der Waals surface area contributed by atoms with Crippen molar-refractivity contribution in [3.05, 3.63) is 23.9 Å². The van der Waals surface area contributed by atoms with Gasteiger partial charge in [0.15, 0.2) is 3.92 Å². The van der Waals surface area contributed by atoms with E-state index < -0.39 is 13.3 Å². The molecule has 0 radical (unpaired) electrons. The van der Waals surface area contributed by atoms with E-state index in [-0.39, 0.29) is 13.2 Å². The maximum atomic E-state index is 11.5. The number of aliphatic hydroxyl groups is 1. The number of ether oxygens (including phenoxy) is 1. The second kappa shape index (κ2) is 13.9. The van der Waals surface area contributed by atoms with Gasteiger partial charge in [-0.3, -0.25) is 0 Å². The molecule has 0 fully saturated rings. The third-order valence-electron chi connectivity index (χ3n) is 1.29. The average Bonchev–Trinajstić information content (AvgIpc) is 3.05. The fourth-order valence-electron chi connectivity index (χ4n) is 0.665.